The maximum atomic E-state index is 11.1. The fourth-order valence-corrected chi connectivity index (χ4v) is 4.84. The minimum atomic E-state index is -0.430. The van der Waals surface area contributed by atoms with Crippen LogP contribution in [0.1, 0.15) is 33.0 Å². The summed E-state index contributed by atoms with van der Waals surface area (Å²) < 4.78 is 0. The van der Waals surface area contributed by atoms with Gasteiger partial charge in [0.1, 0.15) is 0 Å². The van der Waals surface area contributed by atoms with Crippen LogP contribution in [0, 0.1) is 20.2 Å². The van der Waals surface area contributed by atoms with E-state index in [1.807, 2.05) is 36.4 Å². The largest absolute Gasteiger partial charge is 0.269 e. The van der Waals surface area contributed by atoms with Crippen molar-refractivity contribution < 1.29 is 9.85 Å². The minimum Gasteiger partial charge on any atom is -0.260 e. The Hall–Kier alpha value is -4.11. The first-order valence-corrected chi connectivity index (χ1v) is 10.9. The van der Waals surface area contributed by atoms with Crippen LogP contribution < -0.4 is 0 Å². The molecule has 0 radical (unpaired) electrons. The molecule has 0 aliphatic heterocycles. The first-order valence-electron chi connectivity index (χ1n) is 9.99. The summed E-state index contributed by atoms with van der Waals surface area (Å²) >= 11 is 1.57. The van der Waals surface area contributed by atoms with E-state index in [4.69, 9.17) is 0 Å². The van der Waals surface area contributed by atoms with Crippen LogP contribution >= 0.6 is 11.8 Å². The van der Waals surface area contributed by atoms with Crippen LogP contribution in [0.25, 0.3) is 0 Å². The number of nitro benzene ring substituents is 2. The highest BCUT2D eigenvalue weighted by atomic mass is 32.2. The van der Waals surface area contributed by atoms with E-state index >= 15 is 0 Å². The zero-order chi connectivity index (χ0) is 23.2. The van der Waals surface area contributed by atoms with Crippen molar-refractivity contribution in [2.45, 2.75) is 10.5 Å². The Kier molecular flexibility index (Phi) is 6.70. The molecule has 2 heterocycles. The summed E-state index contributed by atoms with van der Waals surface area (Å²) in [6, 6.07) is 24.1. The quantitative estimate of drug-likeness (QED) is 0.238. The van der Waals surface area contributed by atoms with Gasteiger partial charge in [0.15, 0.2) is 0 Å². The van der Waals surface area contributed by atoms with E-state index in [0.717, 1.165) is 22.5 Å². The minimum absolute atomic E-state index is 0.0140. The molecule has 164 valence electrons. The number of nitro groups is 2. The number of hydrogen-bond donors (Lipinski definition) is 0. The average Bonchev–Trinajstić information content (AvgIpc) is 2.86. The van der Waals surface area contributed by atoms with Gasteiger partial charge in [-0.2, -0.15) is 0 Å². The lowest BCUT2D eigenvalue weighted by molar-refractivity contribution is -0.385. The summed E-state index contributed by atoms with van der Waals surface area (Å²) in [7, 11) is 0. The molecular weight excluding hydrogens is 440 g/mol. The number of benzene rings is 2. The second-order valence-corrected chi connectivity index (χ2v) is 8.32. The van der Waals surface area contributed by atoms with E-state index in [1.54, 1.807) is 48.4 Å². The van der Waals surface area contributed by atoms with Gasteiger partial charge in [-0.1, -0.05) is 36.4 Å². The predicted molar refractivity (Wildman–Crippen MR) is 126 cm³/mol. The van der Waals surface area contributed by atoms with E-state index < -0.39 is 9.85 Å². The molecule has 0 saturated carbocycles. The number of aromatic nitrogens is 2. The molecule has 0 bridgehead atoms. The van der Waals surface area contributed by atoms with Gasteiger partial charge in [-0.05, 0) is 35.4 Å². The van der Waals surface area contributed by atoms with E-state index in [0.29, 0.717) is 0 Å². The second kappa shape index (κ2) is 10.0. The fraction of sp³-hybridized carbons (Fsp3) is 0.0833. The number of nitrogens with zero attached hydrogens (tertiary/aromatic N) is 4. The molecule has 0 spiro atoms. The summed E-state index contributed by atoms with van der Waals surface area (Å²) in [4.78, 5) is 30.4. The molecule has 0 amide bonds. The van der Waals surface area contributed by atoms with Gasteiger partial charge in [-0.3, -0.25) is 30.2 Å². The summed E-state index contributed by atoms with van der Waals surface area (Å²) in [5.74, 6) is 0. The van der Waals surface area contributed by atoms with Gasteiger partial charge >= 0.3 is 0 Å². The summed E-state index contributed by atoms with van der Waals surface area (Å²) in [5.41, 5.74) is 3.32. The van der Waals surface area contributed by atoms with Crippen LogP contribution in [0.15, 0.2) is 97.3 Å². The van der Waals surface area contributed by atoms with E-state index in [1.165, 1.54) is 24.3 Å². The van der Waals surface area contributed by atoms with Crippen molar-refractivity contribution in [3.05, 3.63) is 140 Å². The van der Waals surface area contributed by atoms with E-state index in [2.05, 4.69) is 9.97 Å². The Bertz CT molecular complexity index is 1140. The lowest BCUT2D eigenvalue weighted by Gasteiger charge is -2.24. The highest BCUT2D eigenvalue weighted by Crippen LogP contribution is 2.47. The lowest BCUT2D eigenvalue weighted by Crippen LogP contribution is -2.06. The Morgan fingerprint density at radius 2 is 1.00 bits per heavy atom. The van der Waals surface area contributed by atoms with Crippen molar-refractivity contribution in [2.24, 2.45) is 0 Å². The molecule has 2 aromatic carbocycles. The topological polar surface area (TPSA) is 112 Å². The summed E-state index contributed by atoms with van der Waals surface area (Å²) in [5, 5.41) is 21.7. The number of pyridine rings is 2. The maximum absolute atomic E-state index is 11.1. The summed E-state index contributed by atoms with van der Waals surface area (Å²) in [6.07, 6.45) is 3.41. The third kappa shape index (κ3) is 5.21. The fourth-order valence-electron chi connectivity index (χ4n) is 3.38. The molecule has 4 rings (SSSR count). The number of rotatable bonds is 8. The average molecular weight is 458 g/mol. The standard InChI is InChI=1S/C24H18N4O4S/c29-27(30)19-11-7-17(8-12-19)23(21-5-1-3-15-25-21)33-24(22-6-2-4-16-26-22)18-9-13-20(14-10-18)28(31)32/h1-16,23-24H. The van der Waals surface area contributed by atoms with Gasteiger partial charge in [0.05, 0.1) is 31.7 Å². The van der Waals surface area contributed by atoms with Crippen LogP contribution in [-0.2, 0) is 0 Å². The highest BCUT2D eigenvalue weighted by molar-refractivity contribution is 8.00. The van der Waals surface area contributed by atoms with Crippen LogP contribution in [0.4, 0.5) is 11.4 Å². The molecule has 0 saturated heterocycles. The first kappa shape index (κ1) is 22.1. The second-order valence-electron chi connectivity index (χ2n) is 7.10. The molecule has 0 N–H and O–H groups in total. The van der Waals surface area contributed by atoms with Crippen molar-refractivity contribution >= 4 is 23.1 Å². The Morgan fingerprint density at radius 3 is 1.30 bits per heavy atom. The smallest absolute Gasteiger partial charge is 0.260 e. The Labute approximate surface area is 193 Å². The number of hydrogen-bond acceptors (Lipinski definition) is 7. The molecule has 0 aliphatic carbocycles. The maximum Gasteiger partial charge on any atom is 0.269 e. The molecule has 0 fully saturated rings. The van der Waals surface area contributed by atoms with Crippen LogP contribution in [-0.4, -0.2) is 19.8 Å². The summed E-state index contributed by atoms with van der Waals surface area (Å²) in [6.45, 7) is 0. The molecule has 2 atom stereocenters. The molecule has 0 aliphatic rings. The van der Waals surface area contributed by atoms with Gasteiger partial charge < -0.3 is 0 Å². The van der Waals surface area contributed by atoms with Crippen LogP contribution in [0.3, 0.4) is 0 Å². The predicted octanol–water partition coefficient (Wildman–Crippen LogP) is 5.91. The molecule has 9 heteroatoms. The molecule has 8 nitrogen and oxygen atoms in total. The van der Waals surface area contributed by atoms with Gasteiger partial charge in [0, 0.05) is 36.7 Å². The Morgan fingerprint density at radius 1 is 0.606 bits per heavy atom. The third-order valence-corrected chi connectivity index (χ3v) is 6.57. The molecule has 33 heavy (non-hydrogen) atoms. The van der Waals surface area contributed by atoms with Crippen molar-refractivity contribution in [1.82, 2.24) is 9.97 Å². The van der Waals surface area contributed by atoms with Gasteiger partial charge in [0.2, 0.25) is 0 Å². The lowest BCUT2D eigenvalue weighted by atomic mass is 10.1. The van der Waals surface area contributed by atoms with Gasteiger partial charge in [-0.15, -0.1) is 11.8 Å². The van der Waals surface area contributed by atoms with Crippen molar-refractivity contribution in [1.29, 1.82) is 0 Å². The van der Waals surface area contributed by atoms with Crippen LogP contribution in [0.5, 0.6) is 0 Å². The van der Waals surface area contributed by atoms with Gasteiger partial charge in [-0.25, -0.2) is 0 Å². The zero-order valence-electron chi connectivity index (χ0n) is 17.2. The van der Waals surface area contributed by atoms with Gasteiger partial charge in [0.25, 0.3) is 11.4 Å². The third-order valence-electron chi connectivity index (χ3n) is 5.00. The number of non-ortho nitro benzene ring substituents is 2. The zero-order valence-corrected chi connectivity index (χ0v) is 18.0. The number of thioether (sulfide) groups is 1. The van der Waals surface area contributed by atoms with Crippen molar-refractivity contribution in [3.63, 3.8) is 0 Å². The molecule has 4 aromatic rings. The van der Waals surface area contributed by atoms with E-state index in [-0.39, 0.29) is 21.9 Å². The first-order chi connectivity index (χ1) is 16.0. The molecule has 2 unspecified atom stereocenters. The SMILES string of the molecule is O=[N+]([O-])c1ccc(C(SC(c2ccc([N+](=O)[O-])cc2)c2ccccn2)c2ccccn2)cc1. The normalized spacial score (nSPS) is 12.6. The molecule has 2 aromatic heterocycles. The monoisotopic (exact) mass is 458 g/mol. The van der Waals surface area contributed by atoms with Crippen molar-refractivity contribution in [3.8, 4) is 0 Å². The highest BCUT2D eigenvalue weighted by Gasteiger charge is 2.26. The van der Waals surface area contributed by atoms with Crippen molar-refractivity contribution in [2.75, 3.05) is 0 Å². The molecular formula is C24H18N4O4S. The van der Waals surface area contributed by atoms with Crippen LogP contribution in [0.2, 0.25) is 0 Å². The Balaban J connectivity index is 1.77. The van der Waals surface area contributed by atoms with E-state index in [9.17, 15) is 20.2 Å².